The SMILES string of the molecule is CCN(CCC(=O)O)C(=O)NC1CCCC(SC)C1. The molecule has 0 spiro atoms. The third-order valence-corrected chi connectivity index (χ3v) is 4.65. The monoisotopic (exact) mass is 288 g/mol. The first-order valence-electron chi connectivity index (χ1n) is 6.86. The molecule has 0 aromatic rings. The van der Waals surface area contributed by atoms with Crippen molar-refractivity contribution in [3.05, 3.63) is 0 Å². The molecular weight excluding hydrogens is 264 g/mol. The van der Waals surface area contributed by atoms with E-state index in [-0.39, 0.29) is 25.0 Å². The molecule has 2 unspecified atom stereocenters. The van der Waals surface area contributed by atoms with Crippen molar-refractivity contribution in [1.29, 1.82) is 0 Å². The second kappa shape index (κ2) is 8.30. The molecule has 0 heterocycles. The summed E-state index contributed by atoms with van der Waals surface area (Å²) in [5, 5.41) is 12.3. The number of amides is 2. The van der Waals surface area contributed by atoms with Gasteiger partial charge in [0, 0.05) is 24.4 Å². The normalized spacial score (nSPS) is 22.8. The first-order valence-corrected chi connectivity index (χ1v) is 8.15. The van der Waals surface area contributed by atoms with Crippen molar-refractivity contribution in [2.45, 2.75) is 50.3 Å². The number of nitrogens with one attached hydrogen (secondary N) is 1. The van der Waals surface area contributed by atoms with Crippen LogP contribution < -0.4 is 5.32 Å². The molecule has 110 valence electrons. The van der Waals surface area contributed by atoms with Gasteiger partial charge in [-0.05, 0) is 32.4 Å². The van der Waals surface area contributed by atoms with Crippen LogP contribution >= 0.6 is 11.8 Å². The Kier molecular flexibility index (Phi) is 7.05. The molecule has 2 N–H and O–H groups in total. The van der Waals surface area contributed by atoms with Gasteiger partial charge in [-0.15, -0.1) is 0 Å². The zero-order chi connectivity index (χ0) is 14.3. The standard InChI is InChI=1S/C13H24N2O3S/c1-3-15(8-7-12(16)17)13(18)14-10-5-4-6-11(9-10)19-2/h10-11H,3-9H2,1-2H3,(H,14,18)(H,16,17). The molecule has 1 fully saturated rings. The van der Waals surface area contributed by atoms with Crippen molar-refractivity contribution >= 4 is 23.8 Å². The van der Waals surface area contributed by atoms with E-state index >= 15 is 0 Å². The summed E-state index contributed by atoms with van der Waals surface area (Å²) in [6, 6.07) is 0.105. The van der Waals surface area contributed by atoms with Crippen molar-refractivity contribution in [3.8, 4) is 0 Å². The van der Waals surface area contributed by atoms with Crippen molar-refractivity contribution in [1.82, 2.24) is 10.2 Å². The van der Waals surface area contributed by atoms with Gasteiger partial charge in [-0.3, -0.25) is 4.79 Å². The fourth-order valence-corrected chi connectivity index (χ4v) is 3.22. The highest BCUT2D eigenvalue weighted by Crippen LogP contribution is 2.26. The Labute approximate surface area is 119 Å². The van der Waals surface area contributed by atoms with Crippen LogP contribution in [0.15, 0.2) is 0 Å². The van der Waals surface area contributed by atoms with Gasteiger partial charge in [-0.1, -0.05) is 6.42 Å². The van der Waals surface area contributed by atoms with Crippen molar-refractivity contribution in [2.24, 2.45) is 0 Å². The number of aliphatic carboxylic acids is 1. The van der Waals surface area contributed by atoms with Gasteiger partial charge in [-0.2, -0.15) is 11.8 Å². The summed E-state index contributed by atoms with van der Waals surface area (Å²) in [7, 11) is 0. The molecule has 1 aliphatic carbocycles. The lowest BCUT2D eigenvalue weighted by molar-refractivity contribution is -0.137. The molecule has 5 nitrogen and oxygen atoms in total. The Morgan fingerprint density at radius 3 is 2.74 bits per heavy atom. The van der Waals surface area contributed by atoms with Gasteiger partial charge >= 0.3 is 12.0 Å². The number of thioether (sulfide) groups is 1. The first kappa shape index (κ1) is 16.1. The van der Waals surface area contributed by atoms with Crippen LogP contribution in [0.5, 0.6) is 0 Å². The summed E-state index contributed by atoms with van der Waals surface area (Å²) in [5.41, 5.74) is 0. The molecule has 19 heavy (non-hydrogen) atoms. The Morgan fingerprint density at radius 1 is 1.42 bits per heavy atom. The van der Waals surface area contributed by atoms with Crippen molar-refractivity contribution in [2.75, 3.05) is 19.3 Å². The molecule has 0 radical (unpaired) electrons. The Hall–Kier alpha value is -0.910. The number of hydrogen-bond donors (Lipinski definition) is 2. The molecular formula is C13H24N2O3S. The van der Waals surface area contributed by atoms with E-state index in [9.17, 15) is 9.59 Å². The zero-order valence-electron chi connectivity index (χ0n) is 11.7. The fourth-order valence-electron chi connectivity index (χ4n) is 2.39. The van der Waals surface area contributed by atoms with E-state index in [1.807, 2.05) is 18.7 Å². The van der Waals surface area contributed by atoms with Crippen LogP contribution in [0.3, 0.4) is 0 Å². The number of rotatable bonds is 6. The summed E-state index contributed by atoms with van der Waals surface area (Å²) in [5.74, 6) is -0.869. The molecule has 2 amide bonds. The second-order valence-electron chi connectivity index (χ2n) is 4.89. The quantitative estimate of drug-likeness (QED) is 0.786. The van der Waals surface area contributed by atoms with E-state index in [1.165, 1.54) is 6.42 Å². The average molecular weight is 288 g/mol. The highest BCUT2D eigenvalue weighted by molar-refractivity contribution is 7.99. The summed E-state index contributed by atoms with van der Waals surface area (Å²) >= 11 is 1.86. The number of nitrogens with zero attached hydrogens (tertiary/aromatic N) is 1. The Morgan fingerprint density at radius 2 is 2.16 bits per heavy atom. The maximum Gasteiger partial charge on any atom is 0.317 e. The number of urea groups is 1. The van der Waals surface area contributed by atoms with Gasteiger partial charge in [0.1, 0.15) is 0 Å². The number of carbonyl (C=O) groups excluding carboxylic acids is 1. The number of carboxylic acid groups (broad SMARTS) is 1. The minimum atomic E-state index is -0.869. The third kappa shape index (κ3) is 5.72. The van der Waals surface area contributed by atoms with E-state index in [4.69, 9.17) is 5.11 Å². The maximum atomic E-state index is 12.1. The van der Waals surface area contributed by atoms with Crippen LogP contribution in [-0.4, -0.2) is 52.6 Å². The lowest BCUT2D eigenvalue weighted by Gasteiger charge is -2.31. The molecule has 6 heteroatoms. The van der Waals surface area contributed by atoms with Crippen molar-refractivity contribution in [3.63, 3.8) is 0 Å². The smallest absolute Gasteiger partial charge is 0.317 e. The van der Waals surface area contributed by atoms with Crippen LogP contribution in [-0.2, 0) is 4.79 Å². The van der Waals surface area contributed by atoms with E-state index in [0.717, 1.165) is 19.3 Å². The molecule has 0 aromatic heterocycles. The molecule has 1 saturated carbocycles. The fraction of sp³-hybridized carbons (Fsp3) is 0.846. The van der Waals surface area contributed by atoms with E-state index in [1.54, 1.807) is 4.90 Å². The Bertz CT molecular complexity index is 312. The molecule has 0 saturated heterocycles. The molecule has 1 aliphatic rings. The summed E-state index contributed by atoms with van der Waals surface area (Å²) in [6.45, 7) is 2.68. The number of carbonyl (C=O) groups is 2. The lowest BCUT2D eigenvalue weighted by Crippen LogP contribution is -2.47. The Balaban J connectivity index is 2.40. The van der Waals surface area contributed by atoms with Crippen molar-refractivity contribution < 1.29 is 14.7 Å². The van der Waals surface area contributed by atoms with Gasteiger partial charge in [0.25, 0.3) is 0 Å². The maximum absolute atomic E-state index is 12.1. The molecule has 1 rings (SSSR count). The van der Waals surface area contributed by atoms with Gasteiger partial charge in [0.05, 0.1) is 6.42 Å². The summed E-state index contributed by atoms with van der Waals surface area (Å²) < 4.78 is 0. The summed E-state index contributed by atoms with van der Waals surface area (Å²) in [4.78, 5) is 24.2. The predicted molar refractivity (Wildman–Crippen MR) is 77.6 cm³/mol. The highest BCUT2D eigenvalue weighted by atomic mass is 32.2. The number of hydrogen-bond acceptors (Lipinski definition) is 3. The molecule has 0 bridgehead atoms. The van der Waals surface area contributed by atoms with E-state index < -0.39 is 5.97 Å². The molecule has 0 aliphatic heterocycles. The van der Waals surface area contributed by atoms with Crippen LogP contribution in [0.2, 0.25) is 0 Å². The lowest BCUT2D eigenvalue weighted by atomic mass is 9.95. The average Bonchev–Trinajstić information content (AvgIpc) is 2.39. The van der Waals surface area contributed by atoms with Gasteiger partial charge in [-0.25, -0.2) is 4.79 Å². The van der Waals surface area contributed by atoms with Gasteiger partial charge in [0.2, 0.25) is 0 Å². The zero-order valence-corrected chi connectivity index (χ0v) is 12.5. The van der Waals surface area contributed by atoms with Crippen LogP contribution in [0.1, 0.15) is 39.0 Å². The largest absolute Gasteiger partial charge is 0.481 e. The molecule has 2 atom stereocenters. The van der Waals surface area contributed by atoms with Crippen LogP contribution in [0.4, 0.5) is 4.79 Å². The minimum Gasteiger partial charge on any atom is -0.481 e. The van der Waals surface area contributed by atoms with Gasteiger partial charge in [0.15, 0.2) is 0 Å². The third-order valence-electron chi connectivity index (χ3n) is 3.55. The second-order valence-corrected chi connectivity index (χ2v) is 6.03. The van der Waals surface area contributed by atoms with Crippen LogP contribution in [0, 0.1) is 0 Å². The summed E-state index contributed by atoms with van der Waals surface area (Å²) in [6.07, 6.45) is 6.53. The predicted octanol–water partition coefficient (Wildman–Crippen LogP) is 2.17. The number of carboxylic acids is 1. The van der Waals surface area contributed by atoms with E-state index in [2.05, 4.69) is 11.6 Å². The molecule has 0 aromatic carbocycles. The highest BCUT2D eigenvalue weighted by Gasteiger charge is 2.24. The first-order chi connectivity index (χ1) is 9.06. The van der Waals surface area contributed by atoms with E-state index in [0.29, 0.717) is 11.8 Å². The topological polar surface area (TPSA) is 69.6 Å². The van der Waals surface area contributed by atoms with Crippen LogP contribution in [0.25, 0.3) is 0 Å². The minimum absolute atomic E-state index is 0.000631. The van der Waals surface area contributed by atoms with Gasteiger partial charge < -0.3 is 15.3 Å².